The molecule has 0 amide bonds. The van der Waals surface area contributed by atoms with Crippen molar-refractivity contribution in [2.45, 2.75) is 38.4 Å². The SMILES string of the molecule is C=C(NCc1ccccc1)C1CCCN1C(=C)Cn1nc(N)cc1C(F)F. The number of aromatic nitrogens is 2. The summed E-state index contributed by atoms with van der Waals surface area (Å²) in [6, 6.07) is 11.4. The van der Waals surface area contributed by atoms with Crippen molar-refractivity contribution >= 4 is 5.82 Å². The summed E-state index contributed by atoms with van der Waals surface area (Å²) in [4.78, 5) is 2.12. The molecule has 0 saturated carbocycles. The Morgan fingerprint density at radius 2 is 2.04 bits per heavy atom. The number of rotatable bonds is 8. The van der Waals surface area contributed by atoms with Gasteiger partial charge in [0, 0.05) is 30.5 Å². The Bertz CT molecular complexity index is 800. The molecule has 1 aromatic heterocycles. The lowest BCUT2D eigenvalue weighted by Gasteiger charge is -2.30. The fourth-order valence-corrected chi connectivity index (χ4v) is 3.45. The van der Waals surface area contributed by atoms with E-state index in [4.69, 9.17) is 5.73 Å². The minimum atomic E-state index is -2.63. The first-order chi connectivity index (χ1) is 13.0. The number of hydrogen-bond donors (Lipinski definition) is 2. The molecule has 1 atom stereocenters. The molecule has 1 fully saturated rings. The van der Waals surface area contributed by atoms with E-state index >= 15 is 0 Å². The Morgan fingerprint density at radius 3 is 2.74 bits per heavy atom. The zero-order chi connectivity index (χ0) is 19.4. The van der Waals surface area contributed by atoms with E-state index in [1.807, 2.05) is 18.2 Å². The van der Waals surface area contributed by atoms with Crippen molar-refractivity contribution in [2.75, 3.05) is 12.3 Å². The maximum atomic E-state index is 13.2. The average Bonchev–Trinajstić information content (AvgIpc) is 3.27. The van der Waals surface area contributed by atoms with E-state index in [9.17, 15) is 8.78 Å². The number of nitrogens with zero attached hydrogens (tertiary/aromatic N) is 3. The molecule has 3 N–H and O–H groups in total. The van der Waals surface area contributed by atoms with E-state index in [-0.39, 0.29) is 24.1 Å². The van der Waals surface area contributed by atoms with Crippen LogP contribution in [0.2, 0.25) is 0 Å². The van der Waals surface area contributed by atoms with E-state index in [0.29, 0.717) is 6.54 Å². The molecule has 144 valence electrons. The van der Waals surface area contributed by atoms with E-state index in [2.05, 4.69) is 40.6 Å². The fraction of sp³-hybridized carbons (Fsp3) is 0.350. The molecular weight excluding hydrogens is 348 g/mol. The summed E-state index contributed by atoms with van der Waals surface area (Å²) >= 11 is 0. The van der Waals surface area contributed by atoms with Crippen LogP contribution in [0.3, 0.4) is 0 Å². The smallest absolute Gasteiger partial charge is 0.280 e. The lowest BCUT2D eigenvalue weighted by Crippen LogP contribution is -2.36. The summed E-state index contributed by atoms with van der Waals surface area (Å²) in [5.41, 5.74) is 8.21. The second kappa shape index (κ2) is 8.24. The highest BCUT2D eigenvalue weighted by atomic mass is 19.3. The summed E-state index contributed by atoms with van der Waals surface area (Å²) in [6.45, 7) is 9.98. The number of allylic oxidation sites excluding steroid dienone is 1. The summed E-state index contributed by atoms with van der Waals surface area (Å²) < 4.78 is 27.5. The first-order valence-electron chi connectivity index (χ1n) is 8.98. The second-order valence-corrected chi connectivity index (χ2v) is 6.73. The monoisotopic (exact) mass is 373 g/mol. The van der Waals surface area contributed by atoms with Gasteiger partial charge in [0.25, 0.3) is 6.43 Å². The van der Waals surface area contributed by atoms with Gasteiger partial charge >= 0.3 is 0 Å². The van der Waals surface area contributed by atoms with Crippen molar-refractivity contribution < 1.29 is 8.78 Å². The molecule has 2 aromatic rings. The van der Waals surface area contributed by atoms with Gasteiger partial charge in [0.05, 0.1) is 12.6 Å². The number of anilines is 1. The number of likely N-dealkylation sites (tertiary alicyclic amines) is 1. The van der Waals surface area contributed by atoms with Gasteiger partial charge in [-0.2, -0.15) is 5.10 Å². The molecule has 0 aliphatic carbocycles. The van der Waals surface area contributed by atoms with Crippen molar-refractivity contribution in [3.05, 3.63) is 72.2 Å². The number of alkyl halides is 2. The highest BCUT2D eigenvalue weighted by Crippen LogP contribution is 2.28. The van der Waals surface area contributed by atoms with Crippen molar-refractivity contribution in [1.29, 1.82) is 0 Å². The molecule has 3 rings (SSSR count). The maximum Gasteiger partial charge on any atom is 0.280 e. The topological polar surface area (TPSA) is 59.1 Å². The van der Waals surface area contributed by atoms with Crippen LogP contribution in [-0.4, -0.2) is 27.3 Å². The zero-order valence-corrected chi connectivity index (χ0v) is 15.2. The molecule has 7 heteroatoms. The molecule has 1 saturated heterocycles. The predicted octanol–water partition coefficient (Wildman–Crippen LogP) is 3.68. The molecule has 1 aromatic carbocycles. The van der Waals surface area contributed by atoms with Gasteiger partial charge in [-0.05, 0) is 18.4 Å². The minimum absolute atomic E-state index is 0.0871. The van der Waals surface area contributed by atoms with E-state index in [0.717, 1.165) is 30.8 Å². The van der Waals surface area contributed by atoms with Gasteiger partial charge in [-0.3, -0.25) is 4.68 Å². The Morgan fingerprint density at radius 1 is 1.30 bits per heavy atom. The summed E-state index contributed by atoms with van der Waals surface area (Å²) in [6.07, 6.45) is -0.680. The zero-order valence-electron chi connectivity index (χ0n) is 15.2. The van der Waals surface area contributed by atoms with Gasteiger partial charge in [0.2, 0.25) is 0 Å². The lowest BCUT2D eigenvalue weighted by atomic mass is 10.1. The molecule has 2 heterocycles. The van der Waals surface area contributed by atoms with Crippen LogP contribution in [0.15, 0.2) is 61.0 Å². The van der Waals surface area contributed by atoms with Gasteiger partial charge in [0.1, 0.15) is 11.5 Å². The normalized spacial score (nSPS) is 16.7. The van der Waals surface area contributed by atoms with Gasteiger partial charge in [0.15, 0.2) is 0 Å². The van der Waals surface area contributed by atoms with E-state index in [1.165, 1.54) is 16.3 Å². The molecule has 0 spiro atoms. The molecule has 27 heavy (non-hydrogen) atoms. The Labute approximate surface area is 158 Å². The van der Waals surface area contributed by atoms with Crippen molar-refractivity contribution in [3.8, 4) is 0 Å². The Kier molecular flexibility index (Phi) is 5.78. The summed E-state index contributed by atoms with van der Waals surface area (Å²) in [7, 11) is 0. The summed E-state index contributed by atoms with van der Waals surface area (Å²) in [5.74, 6) is 0.0880. The highest BCUT2D eigenvalue weighted by Gasteiger charge is 2.28. The van der Waals surface area contributed by atoms with Crippen molar-refractivity contribution in [1.82, 2.24) is 20.0 Å². The van der Waals surface area contributed by atoms with Crippen LogP contribution in [0.25, 0.3) is 0 Å². The number of halogens is 2. The van der Waals surface area contributed by atoms with Crippen LogP contribution in [0.4, 0.5) is 14.6 Å². The predicted molar refractivity (Wildman–Crippen MR) is 103 cm³/mol. The average molecular weight is 373 g/mol. The molecular formula is C20H25F2N5. The van der Waals surface area contributed by atoms with Gasteiger partial charge < -0.3 is 16.0 Å². The van der Waals surface area contributed by atoms with Crippen molar-refractivity contribution in [3.63, 3.8) is 0 Å². The highest BCUT2D eigenvalue weighted by molar-refractivity contribution is 5.30. The molecule has 0 radical (unpaired) electrons. The molecule has 0 bridgehead atoms. The standard InChI is InChI=1S/C20H25F2N5/c1-14(13-27-18(20(21)22)11-19(23)25-27)26-10-6-9-17(26)15(2)24-12-16-7-4-3-5-8-16/h3-5,7-8,11,17,20,24H,1-2,6,9-10,12-13H2,(H2,23,25). The number of nitrogens with two attached hydrogens (primary N) is 1. The number of nitrogens with one attached hydrogen (secondary N) is 1. The molecule has 1 aliphatic heterocycles. The van der Waals surface area contributed by atoms with Gasteiger partial charge in [-0.25, -0.2) is 8.78 Å². The number of benzene rings is 1. The number of nitrogen functional groups attached to an aromatic ring is 1. The van der Waals surface area contributed by atoms with Crippen LogP contribution in [0, 0.1) is 0 Å². The Balaban J connectivity index is 1.63. The number of hydrogen-bond acceptors (Lipinski definition) is 4. The second-order valence-electron chi connectivity index (χ2n) is 6.73. The van der Waals surface area contributed by atoms with Crippen LogP contribution in [0.1, 0.15) is 30.5 Å². The summed E-state index contributed by atoms with van der Waals surface area (Å²) in [5, 5.41) is 7.36. The largest absolute Gasteiger partial charge is 0.383 e. The molecule has 1 unspecified atom stereocenters. The third-order valence-corrected chi connectivity index (χ3v) is 4.81. The lowest BCUT2D eigenvalue weighted by molar-refractivity contribution is 0.139. The van der Waals surface area contributed by atoms with Crippen LogP contribution < -0.4 is 11.1 Å². The Hall–Kier alpha value is -2.83. The molecule has 5 nitrogen and oxygen atoms in total. The quantitative estimate of drug-likeness (QED) is 0.741. The third-order valence-electron chi connectivity index (χ3n) is 4.81. The third kappa shape index (κ3) is 4.48. The van der Waals surface area contributed by atoms with E-state index < -0.39 is 6.43 Å². The van der Waals surface area contributed by atoms with E-state index in [1.54, 1.807) is 0 Å². The van der Waals surface area contributed by atoms with Gasteiger partial charge in [-0.1, -0.05) is 43.5 Å². The van der Waals surface area contributed by atoms with Gasteiger partial charge in [-0.15, -0.1) is 0 Å². The fourth-order valence-electron chi connectivity index (χ4n) is 3.45. The first-order valence-corrected chi connectivity index (χ1v) is 8.98. The van der Waals surface area contributed by atoms with Crippen molar-refractivity contribution in [2.24, 2.45) is 0 Å². The maximum absolute atomic E-state index is 13.2. The van der Waals surface area contributed by atoms with Crippen LogP contribution in [-0.2, 0) is 13.1 Å². The minimum Gasteiger partial charge on any atom is -0.383 e. The first kappa shape index (κ1) is 18.9. The molecule has 1 aliphatic rings. The van der Waals surface area contributed by atoms with Crippen LogP contribution >= 0.6 is 0 Å². The van der Waals surface area contributed by atoms with Crippen LogP contribution in [0.5, 0.6) is 0 Å².